The molecule has 4 nitrogen and oxygen atoms in total. The summed E-state index contributed by atoms with van der Waals surface area (Å²) in [6, 6.07) is 8.27. The van der Waals surface area contributed by atoms with E-state index in [1.807, 2.05) is 36.0 Å². The highest BCUT2D eigenvalue weighted by molar-refractivity contribution is 7.99. The second-order valence-electron chi connectivity index (χ2n) is 5.23. The van der Waals surface area contributed by atoms with Crippen molar-refractivity contribution in [1.82, 2.24) is 10.6 Å². The molecule has 2 unspecified atom stereocenters. The fourth-order valence-electron chi connectivity index (χ4n) is 2.49. The van der Waals surface area contributed by atoms with Crippen molar-refractivity contribution in [3.63, 3.8) is 0 Å². The van der Waals surface area contributed by atoms with E-state index < -0.39 is 0 Å². The second kappa shape index (κ2) is 8.29. The average Bonchev–Trinajstić information content (AvgIpc) is 2.53. The van der Waals surface area contributed by atoms with Crippen LogP contribution in [0.5, 0.6) is 5.75 Å². The average molecular weight is 308 g/mol. The predicted octanol–water partition coefficient (Wildman–Crippen LogP) is 2.36. The predicted molar refractivity (Wildman–Crippen MR) is 87.9 cm³/mol. The molecule has 2 atom stereocenters. The molecular formula is C16H24N2O2S. The third-order valence-electron chi connectivity index (χ3n) is 3.69. The molecule has 1 saturated heterocycles. The van der Waals surface area contributed by atoms with Crippen molar-refractivity contribution in [3.05, 3.63) is 29.8 Å². The Morgan fingerprint density at radius 2 is 2.24 bits per heavy atom. The molecule has 0 spiro atoms. The van der Waals surface area contributed by atoms with Gasteiger partial charge in [0.05, 0.1) is 13.2 Å². The lowest BCUT2D eigenvalue weighted by Crippen LogP contribution is -2.41. The number of thioether (sulfide) groups is 1. The van der Waals surface area contributed by atoms with Crippen molar-refractivity contribution in [2.45, 2.75) is 31.8 Å². The van der Waals surface area contributed by atoms with Gasteiger partial charge in [-0.05, 0) is 24.1 Å². The summed E-state index contributed by atoms with van der Waals surface area (Å²) in [7, 11) is 1.66. The Morgan fingerprint density at radius 3 is 2.81 bits per heavy atom. The monoisotopic (exact) mass is 308 g/mol. The van der Waals surface area contributed by atoms with E-state index in [2.05, 4.69) is 17.6 Å². The van der Waals surface area contributed by atoms with E-state index >= 15 is 0 Å². The molecule has 2 rings (SSSR count). The fraction of sp³-hybridized carbons (Fsp3) is 0.562. The summed E-state index contributed by atoms with van der Waals surface area (Å²) in [6.45, 7) is 3.09. The highest BCUT2D eigenvalue weighted by Gasteiger charge is 2.19. The quantitative estimate of drug-likeness (QED) is 0.847. The van der Waals surface area contributed by atoms with E-state index in [-0.39, 0.29) is 11.9 Å². The van der Waals surface area contributed by atoms with Gasteiger partial charge in [0, 0.05) is 30.5 Å². The van der Waals surface area contributed by atoms with Crippen molar-refractivity contribution in [1.29, 1.82) is 0 Å². The number of hydrogen-bond acceptors (Lipinski definition) is 4. The first-order valence-electron chi connectivity index (χ1n) is 7.47. The van der Waals surface area contributed by atoms with Gasteiger partial charge in [0.2, 0.25) is 5.91 Å². The van der Waals surface area contributed by atoms with E-state index in [1.165, 1.54) is 0 Å². The molecule has 0 saturated carbocycles. The van der Waals surface area contributed by atoms with E-state index in [0.29, 0.717) is 12.5 Å². The van der Waals surface area contributed by atoms with Gasteiger partial charge in [-0.25, -0.2) is 0 Å². The maximum Gasteiger partial charge on any atom is 0.222 e. The topological polar surface area (TPSA) is 50.4 Å². The van der Waals surface area contributed by atoms with Crippen LogP contribution in [-0.2, 0) is 4.79 Å². The Labute approximate surface area is 131 Å². The first-order valence-corrected chi connectivity index (χ1v) is 8.62. The number of hydrogen-bond donors (Lipinski definition) is 2. The third kappa shape index (κ3) is 4.93. The number of carbonyl (C=O) groups is 1. The van der Waals surface area contributed by atoms with Crippen molar-refractivity contribution < 1.29 is 9.53 Å². The molecule has 2 N–H and O–H groups in total. The van der Waals surface area contributed by atoms with E-state index in [0.717, 1.165) is 35.8 Å². The molecule has 1 aliphatic rings. The molecule has 21 heavy (non-hydrogen) atoms. The number of ether oxygens (including phenoxy) is 1. The summed E-state index contributed by atoms with van der Waals surface area (Å²) in [6.07, 6.45) is 1.44. The van der Waals surface area contributed by atoms with Crippen LogP contribution in [0, 0.1) is 0 Å². The van der Waals surface area contributed by atoms with Crippen LogP contribution >= 0.6 is 11.8 Å². The van der Waals surface area contributed by atoms with Gasteiger partial charge in [-0.2, -0.15) is 11.8 Å². The lowest BCUT2D eigenvalue weighted by Gasteiger charge is -2.24. The molecule has 1 aromatic rings. The molecule has 0 bridgehead atoms. The fourth-order valence-corrected chi connectivity index (χ4v) is 3.43. The molecule has 1 fully saturated rings. The lowest BCUT2D eigenvalue weighted by molar-refractivity contribution is -0.122. The molecule has 1 aliphatic heterocycles. The van der Waals surface area contributed by atoms with Gasteiger partial charge >= 0.3 is 0 Å². The number of nitrogens with one attached hydrogen (secondary N) is 2. The normalized spacial score (nSPS) is 19.8. The molecular weight excluding hydrogens is 284 g/mol. The van der Waals surface area contributed by atoms with Crippen molar-refractivity contribution in [2.24, 2.45) is 0 Å². The van der Waals surface area contributed by atoms with Gasteiger partial charge in [0.15, 0.2) is 0 Å². The molecule has 1 aromatic carbocycles. The highest BCUT2D eigenvalue weighted by Crippen LogP contribution is 2.20. The van der Waals surface area contributed by atoms with Gasteiger partial charge in [0.1, 0.15) is 5.75 Å². The standard InChI is InChI=1S/C16H24N2O2S/c1-3-15(12-4-6-14(20-2)7-5-12)18-16(19)10-13-11-21-9-8-17-13/h4-7,13,15,17H,3,8-11H2,1-2H3,(H,18,19). The van der Waals surface area contributed by atoms with Crippen LogP contribution < -0.4 is 15.4 Å². The minimum atomic E-state index is 0.0691. The molecule has 1 heterocycles. The maximum absolute atomic E-state index is 12.2. The van der Waals surface area contributed by atoms with Crippen LogP contribution in [0.3, 0.4) is 0 Å². The Balaban J connectivity index is 1.89. The second-order valence-corrected chi connectivity index (χ2v) is 6.38. The van der Waals surface area contributed by atoms with Gasteiger partial charge in [-0.3, -0.25) is 4.79 Å². The van der Waals surface area contributed by atoms with Crippen molar-refractivity contribution in [2.75, 3.05) is 25.2 Å². The Kier molecular flexibility index (Phi) is 6.39. The number of rotatable bonds is 6. The molecule has 116 valence electrons. The number of methoxy groups -OCH3 is 1. The molecule has 0 radical (unpaired) electrons. The summed E-state index contributed by atoms with van der Waals surface area (Å²) in [5, 5.41) is 6.54. The van der Waals surface area contributed by atoms with Crippen molar-refractivity contribution in [3.8, 4) is 5.75 Å². The van der Waals surface area contributed by atoms with Crippen LogP contribution in [0.25, 0.3) is 0 Å². The van der Waals surface area contributed by atoms with E-state index in [4.69, 9.17) is 4.74 Å². The smallest absolute Gasteiger partial charge is 0.222 e. The molecule has 1 amide bonds. The van der Waals surface area contributed by atoms with Crippen LogP contribution in [-0.4, -0.2) is 37.1 Å². The number of carbonyl (C=O) groups excluding carboxylic acids is 1. The zero-order valence-corrected chi connectivity index (χ0v) is 13.5. The van der Waals surface area contributed by atoms with Gasteiger partial charge in [0.25, 0.3) is 0 Å². The summed E-state index contributed by atoms with van der Waals surface area (Å²) >= 11 is 1.91. The Hall–Kier alpha value is -1.20. The lowest BCUT2D eigenvalue weighted by atomic mass is 10.0. The first-order chi connectivity index (χ1) is 10.2. The summed E-state index contributed by atoms with van der Waals surface area (Å²) in [5.74, 6) is 3.12. The van der Waals surface area contributed by atoms with Gasteiger partial charge in [-0.1, -0.05) is 19.1 Å². The zero-order chi connectivity index (χ0) is 15.1. The summed E-state index contributed by atoms with van der Waals surface area (Å²) < 4.78 is 5.17. The third-order valence-corrected chi connectivity index (χ3v) is 4.82. The zero-order valence-electron chi connectivity index (χ0n) is 12.7. The molecule has 0 aromatic heterocycles. The summed E-state index contributed by atoms with van der Waals surface area (Å²) in [5.41, 5.74) is 1.12. The van der Waals surface area contributed by atoms with Crippen molar-refractivity contribution >= 4 is 17.7 Å². The minimum absolute atomic E-state index is 0.0691. The van der Waals surface area contributed by atoms with E-state index in [1.54, 1.807) is 7.11 Å². The SMILES string of the molecule is CCC(NC(=O)CC1CSCCN1)c1ccc(OC)cc1. The molecule has 0 aliphatic carbocycles. The molecule has 5 heteroatoms. The minimum Gasteiger partial charge on any atom is -0.497 e. The van der Waals surface area contributed by atoms with Crippen LogP contribution in [0.1, 0.15) is 31.4 Å². The summed E-state index contributed by atoms with van der Waals surface area (Å²) in [4.78, 5) is 12.2. The first kappa shape index (κ1) is 16.2. The van der Waals surface area contributed by atoms with Gasteiger partial charge < -0.3 is 15.4 Å². The van der Waals surface area contributed by atoms with Crippen LogP contribution in [0.4, 0.5) is 0 Å². The highest BCUT2D eigenvalue weighted by atomic mass is 32.2. The maximum atomic E-state index is 12.2. The number of amides is 1. The van der Waals surface area contributed by atoms with Crippen LogP contribution in [0.15, 0.2) is 24.3 Å². The van der Waals surface area contributed by atoms with E-state index in [9.17, 15) is 4.79 Å². The van der Waals surface area contributed by atoms with Gasteiger partial charge in [-0.15, -0.1) is 0 Å². The Bertz CT molecular complexity index is 444. The van der Waals surface area contributed by atoms with Crippen LogP contribution in [0.2, 0.25) is 0 Å². The largest absolute Gasteiger partial charge is 0.497 e. The number of benzene rings is 1. The Morgan fingerprint density at radius 1 is 1.48 bits per heavy atom.